The second-order valence-electron chi connectivity index (χ2n) is 5.07. The Morgan fingerprint density at radius 3 is 2.71 bits per heavy atom. The highest BCUT2D eigenvalue weighted by atomic mass is 35.5. The molecule has 0 heterocycles. The Kier molecular flexibility index (Phi) is 8.07. The van der Waals surface area contributed by atoms with Crippen LogP contribution in [0.1, 0.15) is 18.4 Å². The zero-order chi connectivity index (χ0) is 15.7. The molecule has 0 aliphatic rings. The molecule has 0 bridgehead atoms. The van der Waals surface area contributed by atoms with Crippen LogP contribution in [0.15, 0.2) is 24.3 Å². The van der Waals surface area contributed by atoms with E-state index in [1.165, 1.54) is 0 Å². The maximum Gasteiger partial charge on any atom is 0.411 e. The molecule has 1 aromatic rings. The van der Waals surface area contributed by atoms with Crippen LogP contribution < -0.4 is 5.32 Å². The van der Waals surface area contributed by atoms with E-state index in [4.69, 9.17) is 11.6 Å². The van der Waals surface area contributed by atoms with Crippen molar-refractivity contribution in [3.05, 3.63) is 34.9 Å². The van der Waals surface area contributed by atoms with Gasteiger partial charge < -0.3 is 10.1 Å². The van der Waals surface area contributed by atoms with Gasteiger partial charge >= 0.3 is 6.18 Å². The highest BCUT2D eigenvalue weighted by molar-refractivity contribution is 6.30. The fraction of sp³-hybridized carbons (Fsp3) is 0.600. The third-order valence-corrected chi connectivity index (χ3v) is 3.31. The molecular weight excluding hydrogens is 303 g/mol. The Labute approximate surface area is 128 Å². The lowest BCUT2D eigenvalue weighted by molar-refractivity contribution is -0.174. The molecular formula is C15H21ClF3NO. The van der Waals surface area contributed by atoms with E-state index >= 15 is 0 Å². The van der Waals surface area contributed by atoms with E-state index in [1.807, 2.05) is 31.3 Å². The Morgan fingerprint density at radius 2 is 2.10 bits per heavy atom. The molecule has 0 aromatic heterocycles. The quantitative estimate of drug-likeness (QED) is 0.691. The van der Waals surface area contributed by atoms with E-state index < -0.39 is 12.8 Å². The predicted octanol–water partition coefficient (Wildman–Crippen LogP) is 4.08. The molecule has 0 amide bonds. The van der Waals surface area contributed by atoms with Crippen LogP contribution in [-0.4, -0.2) is 33.0 Å². The lowest BCUT2D eigenvalue weighted by Crippen LogP contribution is -2.22. The van der Waals surface area contributed by atoms with Gasteiger partial charge in [0.2, 0.25) is 0 Å². The van der Waals surface area contributed by atoms with Crippen LogP contribution in [0.2, 0.25) is 5.02 Å². The number of alkyl halides is 3. The van der Waals surface area contributed by atoms with Crippen molar-refractivity contribution < 1.29 is 17.9 Å². The van der Waals surface area contributed by atoms with Crippen LogP contribution in [0.3, 0.4) is 0 Å². The fourth-order valence-corrected chi connectivity index (χ4v) is 2.44. The number of benzene rings is 1. The molecule has 2 nitrogen and oxygen atoms in total. The van der Waals surface area contributed by atoms with Gasteiger partial charge in [0, 0.05) is 11.6 Å². The van der Waals surface area contributed by atoms with Crippen LogP contribution in [-0.2, 0) is 11.2 Å². The first kappa shape index (κ1) is 18.3. The second kappa shape index (κ2) is 9.28. The van der Waals surface area contributed by atoms with E-state index in [1.54, 1.807) is 0 Å². The maximum absolute atomic E-state index is 11.9. The number of nitrogens with one attached hydrogen (secondary N) is 1. The van der Waals surface area contributed by atoms with E-state index in [0.717, 1.165) is 24.9 Å². The van der Waals surface area contributed by atoms with Crippen molar-refractivity contribution in [2.24, 2.45) is 5.92 Å². The van der Waals surface area contributed by atoms with Gasteiger partial charge in [-0.3, -0.25) is 0 Å². The lowest BCUT2D eigenvalue weighted by Gasteiger charge is -2.17. The summed E-state index contributed by atoms with van der Waals surface area (Å²) in [6, 6.07) is 7.66. The number of halogens is 4. The van der Waals surface area contributed by atoms with Gasteiger partial charge in [-0.05, 0) is 56.5 Å². The third kappa shape index (κ3) is 8.96. The summed E-state index contributed by atoms with van der Waals surface area (Å²) < 4.78 is 40.4. The Morgan fingerprint density at radius 1 is 1.33 bits per heavy atom. The maximum atomic E-state index is 11.9. The molecule has 1 N–H and O–H groups in total. The van der Waals surface area contributed by atoms with Crippen molar-refractivity contribution in [3.8, 4) is 0 Å². The summed E-state index contributed by atoms with van der Waals surface area (Å²) in [6.45, 7) is -0.223. The van der Waals surface area contributed by atoms with Crippen molar-refractivity contribution in [1.82, 2.24) is 5.32 Å². The van der Waals surface area contributed by atoms with Gasteiger partial charge in [0.15, 0.2) is 0 Å². The highest BCUT2D eigenvalue weighted by Crippen LogP contribution is 2.18. The standard InChI is InChI=1S/C15H21ClF3NO/c1-20-10-13(5-3-7-21-11-15(17,18)19)8-12-4-2-6-14(16)9-12/h2,4,6,9,13,20H,3,5,7-8,10-11H2,1H3. The first-order valence-electron chi connectivity index (χ1n) is 6.94. The van der Waals surface area contributed by atoms with Crippen molar-refractivity contribution >= 4 is 11.6 Å². The predicted molar refractivity (Wildman–Crippen MR) is 78.7 cm³/mol. The molecule has 0 radical (unpaired) electrons. The normalized spacial score (nSPS) is 13.4. The monoisotopic (exact) mass is 323 g/mol. The molecule has 0 fully saturated rings. The molecule has 1 aromatic carbocycles. The van der Waals surface area contributed by atoms with Gasteiger partial charge in [-0.15, -0.1) is 0 Å². The zero-order valence-electron chi connectivity index (χ0n) is 12.0. The smallest absolute Gasteiger partial charge is 0.372 e. The SMILES string of the molecule is CNCC(CCCOCC(F)(F)F)Cc1cccc(Cl)c1. The number of rotatable bonds is 9. The summed E-state index contributed by atoms with van der Waals surface area (Å²) in [5.74, 6) is 0.350. The Bertz CT molecular complexity index is 412. The van der Waals surface area contributed by atoms with Crippen LogP contribution in [0.25, 0.3) is 0 Å². The fourth-order valence-electron chi connectivity index (χ4n) is 2.22. The van der Waals surface area contributed by atoms with E-state index in [9.17, 15) is 13.2 Å². The van der Waals surface area contributed by atoms with Crippen LogP contribution >= 0.6 is 11.6 Å². The average Bonchev–Trinajstić information content (AvgIpc) is 2.37. The summed E-state index contributed by atoms with van der Waals surface area (Å²) in [4.78, 5) is 0. The molecule has 1 rings (SSSR count). The first-order valence-corrected chi connectivity index (χ1v) is 7.32. The second-order valence-corrected chi connectivity index (χ2v) is 5.50. The van der Waals surface area contributed by atoms with E-state index in [2.05, 4.69) is 10.1 Å². The van der Waals surface area contributed by atoms with Gasteiger partial charge in [0.1, 0.15) is 6.61 Å². The van der Waals surface area contributed by atoms with Crippen molar-refractivity contribution in [1.29, 1.82) is 0 Å². The average molecular weight is 324 g/mol. The summed E-state index contributed by atoms with van der Waals surface area (Å²) in [5.41, 5.74) is 1.14. The topological polar surface area (TPSA) is 21.3 Å². The molecule has 0 saturated heterocycles. The summed E-state index contributed by atoms with van der Waals surface area (Å²) >= 11 is 5.95. The molecule has 0 aliphatic carbocycles. The van der Waals surface area contributed by atoms with Crippen LogP contribution in [0.5, 0.6) is 0 Å². The van der Waals surface area contributed by atoms with E-state index in [-0.39, 0.29) is 6.61 Å². The summed E-state index contributed by atoms with van der Waals surface area (Å²) in [7, 11) is 1.87. The van der Waals surface area contributed by atoms with Crippen LogP contribution in [0, 0.1) is 5.92 Å². The molecule has 0 aliphatic heterocycles. The lowest BCUT2D eigenvalue weighted by atomic mass is 9.95. The largest absolute Gasteiger partial charge is 0.411 e. The zero-order valence-corrected chi connectivity index (χ0v) is 12.8. The third-order valence-electron chi connectivity index (χ3n) is 3.07. The Hall–Kier alpha value is -0.780. The number of hydrogen-bond donors (Lipinski definition) is 1. The van der Waals surface area contributed by atoms with Crippen molar-refractivity contribution in [2.75, 3.05) is 26.8 Å². The number of hydrogen-bond acceptors (Lipinski definition) is 2. The molecule has 1 unspecified atom stereocenters. The molecule has 0 saturated carbocycles. The van der Waals surface area contributed by atoms with Gasteiger partial charge in [-0.25, -0.2) is 0 Å². The van der Waals surface area contributed by atoms with Gasteiger partial charge in [-0.1, -0.05) is 23.7 Å². The molecule has 6 heteroatoms. The highest BCUT2D eigenvalue weighted by Gasteiger charge is 2.27. The van der Waals surface area contributed by atoms with Gasteiger partial charge in [0.25, 0.3) is 0 Å². The number of ether oxygens (including phenoxy) is 1. The first-order chi connectivity index (χ1) is 9.90. The van der Waals surface area contributed by atoms with E-state index in [0.29, 0.717) is 17.4 Å². The van der Waals surface area contributed by atoms with Crippen molar-refractivity contribution in [3.63, 3.8) is 0 Å². The minimum atomic E-state index is -4.24. The summed E-state index contributed by atoms with van der Waals surface area (Å²) in [6.07, 6.45) is -1.97. The molecule has 1 atom stereocenters. The Balaban J connectivity index is 2.33. The van der Waals surface area contributed by atoms with Gasteiger partial charge in [0.05, 0.1) is 0 Å². The van der Waals surface area contributed by atoms with Gasteiger partial charge in [-0.2, -0.15) is 13.2 Å². The molecule has 21 heavy (non-hydrogen) atoms. The minimum Gasteiger partial charge on any atom is -0.372 e. The van der Waals surface area contributed by atoms with Crippen LogP contribution in [0.4, 0.5) is 13.2 Å². The molecule has 120 valence electrons. The minimum absolute atomic E-state index is 0.134. The summed E-state index contributed by atoms with van der Waals surface area (Å²) in [5, 5.41) is 3.81. The van der Waals surface area contributed by atoms with Crippen molar-refractivity contribution in [2.45, 2.75) is 25.4 Å². The molecule has 0 spiro atoms.